The molecule has 0 atom stereocenters. The highest BCUT2D eigenvalue weighted by atomic mass is 32.2. The number of sulfone groups is 1. The second-order valence-corrected chi connectivity index (χ2v) is 8.28. The molecule has 1 aromatic heterocycles. The predicted octanol–water partition coefficient (Wildman–Crippen LogP) is 1.82. The van der Waals surface area contributed by atoms with Crippen LogP contribution in [-0.2, 0) is 15.6 Å². The summed E-state index contributed by atoms with van der Waals surface area (Å²) >= 11 is 0. The topological polar surface area (TPSA) is 53.5 Å². The number of piperazine rings is 1. The molecule has 0 aliphatic carbocycles. The van der Waals surface area contributed by atoms with Crippen molar-refractivity contribution in [2.75, 3.05) is 43.4 Å². The van der Waals surface area contributed by atoms with Crippen LogP contribution in [0.2, 0.25) is 0 Å². The molecule has 24 heavy (non-hydrogen) atoms. The minimum absolute atomic E-state index is 0.127. The molecule has 0 radical (unpaired) electrons. The van der Waals surface area contributed by atoms with Crippen LogP contribution in [0.4, 0.5) is 5.82 Å². The standard InChI is InChI=1S/C18H23N3O2S/c22-24(23,16-17-6-2-1-3-7-17)15-14-20-10-12-21(13-11-20)18-8-4-5-9-19-18/h1-9H,10-16H2. The lowest BCUT2D eigenvalue weighted by Gasteiger charge is -2.35. The highest BCUT2D eigenvalue weighted by molar-refractivity contribution is 7.90. The Morgan fingerprint density at radius 1 is 0.917 bits per heavy atom. The van der Waals surface area contributed by atoms with Gasteiger partial charge in [-0.3, -0.25) is 4.90 Å². The molecule has 1 fully saturated rings. The van der Waals surface area contributed by atoms with Gasteiger partial charge in [0.05, 0.1) is 11.5 Å². The van der Waals surface area contributed by atoms with Gasteiger partial charge in [-0.2, -0.15) is 0 Å². The van der Waals surface area contributed by atoms with Crippen molar-refractivity contribution < 1.29 is 8.42 Å². The maximum absolute atomic E-state index is 12.3. The maximum atomic E-state index is 12.3. The van der Waals surface area contributed by atoms with E-state index < -0.39 is 9.84 Å². The summed E-state index contributed by atoms with van der Waals surface area (Å²) in [5, 5.41) is 0. The van der Waals surface area contributed by atoms with Crippen molar-refractivity contribution in [3.63, 3.8) is 0 Å². The fraction of sp³-hybridized carbons (Fsp3) is 0.389. The third-order valence-corrected chi connectivity index (χ3v) is 5.87. The summed E-state index contributed by atoms with van der Waals surface area (Å²) in [4.78, 5) is 8.84. The molecule has 2 heterocycles. The lowest BCUT2D eigenvalue weighted by Crippen LogP contribution is -2.47. The summed E-state index contributed by atoms with van der Waals surface area (Å²) in [6.45, 7) is 4.12. The normalized spacial score (nSPS) is 16.2. The molecule has 0 saturated carbocycles. The third-order valence-electron chi connectivity index (χ3n) is 4.29. The van der Waals surface area contributed by atoms with Crippen LogP contribution in [0.25, 0.3) is 0 Å². The van der Waals surface area contributed by atoms with Crippen LogP contribution in [0, 0.1) is 0 Å². The third kappa shape index (κ3) is 4.79. The molecule has 3 rings (SSSR count). The maximum Gasteiger partial charge on any atom is 0.155 e. The molecule has 2 aromatic rings. The van der Waals surface area contributed by atoms with E-state index in [1.807, 2.05) is 48.5 Å². The van der Waals surface area contributed by atoms with E-state index in [0.717, 1.165) is 37.6 Å². The largest absolute Gasteiger partial charge is 0.354 e. The Morgan fingerprint density at radius 2 is 1.62 bits per heavy atom. The lowest BCUT2D eigenvalue weighted by molar-refractivity contribution is 0.271. The Balaban J connectivity index is 1.46. The predicted molar refractivity (Wildman–Crippen MR) is 96.8 cm³/mol. The summed E-state index contributed by atoms with van der Waals surface area (Å²) in [6.07, 6.45) is 1.80. The number of benzene rings is 1. The first-order chi connectivity index (χ1) is 11.6. The van der Waals surface area contributed by atoms with Gasteiger partial charge in [0.1, 0.15) is 5.82 Å². The Labute approximate surface area is 143 Å². The van der Waals surface area contributed by atoms with Crippen LogP contribution in [-0.4, -0.2) is 56.8 Å². The number of anilines is 1. The number of pyridine rings is 1. The molecule has 0 unspecified atom stereocenters. The average molecular weight is 345 g/mol. The van der Waals surface area contributed by atoms with E-state index >= 15 is 0 Å². The summed E-state index contributed by atoms with van der Waals surface area (Å²) < 4.78 is 24.6. The molecule has 1 saturated heterocycles. The Kier molecular flexibility index (Phi) is 5.48. The summed E-state index contributed by atoms with van der Waals surface area (Å²) in [5.74, 6) is 1.33. The minimum Gasteiger partial charge on any atom is -0.354 e. The van der Waals surface area contributed by atoms with E-state index in [4.69, 9.17) is 0 Å². The zero-order valence-corrected chi connectivity index (χ0v) is 14.5. The Bertz CT molecular complexity index is 727. The molecular weight excluding hydrogens is 322 g/mol. The first-order valence-electron chi connectivity index (χ1n) is 8.25. The molecule has 1 aliphatic rings. The van der Waals surface area contributed by atoms with E-state index in [2.05, 4.69) is 14.8 Å². The van der Waals surface area contributed by atoms with Gasteiger partial charge in [0.15, 0.2) is 9.84 Å². The Morgan fingerprint density at radius 3 is 2.29 bits per heavy atom. The van der Waals surface area contributed by atoms with Crippen molar-refractivity contribution >= 4 is 15.7 Å². The average Bonchev–Trinajstić information content (AvgIpc) is 2.62. The smallest absolute Gasteiger partial charge is 0.155 e. The van der Waals surface area contributed by atoms with Crippen LogP contribution in [0.3, 0.4) is 0 Å². The molecule has 128 valence electrons. The van der Waals surface area contributed by atoms with Gasteiger partial charge in [-0.05, 0) is 17.7 Å². The summed E-state index contributed by atoms with van der Waals surface area (Å²) in [7, 11) is -3.07. The summed E-state index contributed by atoms with van der Waals surface area (Å²) in [5.41, 5.74) is 0.859. The number of hydrogen-bond donors (Lipinski definition) is 0. The molecule has 0 bridgehead atoms. The fourth-order valence-corrected chi connectivity index (χ4v) is 4.29. The first kappa shape index (κ1) is 16.9. The van der Waals surface area contributed by atoms with Crippen LogP contribution in [0.1, 0.15) is 5.56 Å². The SMILES string of the molecule is O=S(=O)(CCN1CCN(c2ccccn2)CC1)Cc1ccccc1. The molecule has 1 aromatic carbocycles. The molecular formula is C18H23N3O2S. The molecule has 1 aliphatic heterocycles. The van der Waals surface area contributed by atoms with Crippen molar-refractivity contribution in [3.8, 4) is 0 Å². The molecule has 0 N–H and O–H groups in total. The number of hydrogen-bond acceptors (Lipinski definition) is 5. The minimum atomic E-state index is -3.07. The van der Waals surface area contributed by atoms with E-state index in [0.29, 0.717) is 6.54 Å². The van der Waals surface area contributed by atoms with Crippen molar-refractivity contribution in [2.24, 2.45) is 0 Å². The first-order valence-corrected chi connectivity index (χ1v) is 10.1. The van der Waals surface area contributed by atoms with E-state index in [-0.39, 0.29) is 11.5 Å². The second-order valence-electron chi connectivity index (χ2n) is 6.09. The van der Waals surface area contributed by atoms with Crippen molar-refractivity contribution in [3.05, 3.63) is 60.3 Å². The molecule has 6 heteroatoms. The van der Waals surface area contributed by atoms with Gasteiger partial charge >= 0.3 is 0 Å². The number of aromatic nitrogens is 1. The number of nitrogens with zero attached hydrogens (tertiary/aromatic N) is 3. The van der Waals surface area contributed by atoms with Crippen LogP contribution in [0.5, 0.6) is 0 Å². The lowest BCUT2D eigenvalue weighted by atomic mass is 10.2. The highest BCUT2D eigenvalue weighted by Gasteiger charge is 2.20. The van der Waals surface area contributed by atoms with Gasteiger partial charge in [0.2, 0.25) is 0 Å². The zero-order chi connectivity index (χ0) is 16.8. The van der Waals surface area contributed by atoms with Gasteiger partial charge in [-0.15, -0.1) is 0 Å². The van der Waals surface area contributed by atoms with Gasteiger partial charge < -0.3 is 4.90 Å². The molecule has 0 amide bonds. The van der Waals surface area contributed by atoms with Crippen LogP contribution < -0.4 is 4.90 Å². The van der Waals surface area contributed by atoms with Crippen LogP contribution in [0.15, 0.2) is 54.7 Å². The number of rotatable bonds is 6. The van der Waals surface area contributed by atoms with E-state index in [9.17, 15) is 8.42 Å². The van der Waals surface area contributed by atoms with Gasteiger partial charge in [-0.1, -0.05) is 36.4 Å². The van der Waals surface area contributed by atoms with Gasteiger partial charge in [-0.25, -0.2) is 13.4 Å². The molecule has 0 spiro atoms. The van der Waals surface area contributed by atoms with E-state index in [1.54, 1.807) is 6.20 Å². The fourth-order valence-electron chi connectivity index (χ4n) is 2.91. The molecule has 5 nitrogen and oxygen atoms in total. The zero-order valence-electron chi connectivity index (χ0n) is 13.7. The van der Waals surface area contributed by atoms with Crippen molar-refractivity contribution in [2.45, 2.75) is 5.75 Å². The quantitative estimate of drug-likeness (QED) is 0.799. The second kappa shape index (κ2) is 7.77. The summed E-state index contributed by atoms with van der Waals surface area (Å²) in [6, 6.07) is 15.3. The van der Waals surface area contributed by atoms with Crippen molar-refractivity contribution in [1.82, 2.24) is 9.88 Å². The monoisotopic (exact) mass is 345 g/mol. The van der Waals surface area contributed by atoms with Gasteiger partial charge in [0.25, 0.3) is 0 Å². The van der Waals surface area contributed by atoms with Gasteiger partial charge in [0, 0.05) is 38.9 Å². The van der Waals surface area contributed by atoms with Crippen LogP contribution >= 0.6 is 0 Å². The highest BCUT2D eigenvalue weighted by Crippen LogP contribution is 2.13. The Hall–Kier alpha value is -1.92. The van der Waals surface area contributed by atoms with Crippen molar-refractivity contribution in [1.29, 1.82) is 0 Å². The van der Waals surface area contributed by atoms with E-state index in [1.165, 1.54) is 0 Å².